The first kappa shape index (κ1) is 24.4. The van der Waals surface area contributed by atoms with Gasteiger partial charge in [0.05, 0.1) is 23.2 Å². The number of carbonyl (C=O) groups excluding carboxylic acids is 1. The standard InChI is InChI=1S/C23H26N4O5S2/c1-14(15-5-3-2-4-6-15)17-8-21(33-12-17)22(29)19-10-25-13-26-23(19)27-18-7-16(20(28)9-18)11-32-34(24,30)31/h2-6,8,10,12-14,16,18,20,28H,7,9,11H2,1H3,(H2,24,30,31)(H,25,26,27)/t14?,16-,18-,20+/m1/s1. The number of ketones is 1. The Morgan fingerprint density at radius 1 is 1.29 bits per heavy atom. The first-order chi connectivity index (χ1) is 16.2. The van der Waals surface area contributed by atoms with Crippen LogP contribution in [0.15, 0.2) is 54.3 Å². The van der Waals surface area contributed by atoms with Gasteiger partial charge in [-0.1, -0.05) is 37.3 Å². The van der Waals surface area contributed by atoms with Crippen LogP contribution in [-0.4, -0.2) is 48.0 Å². The molecular formula is C23H26N4O5S2. The predicted molar refractivity (Wildman–Crippen MR) is 129 cm³/mol. The fourth-order valence-electron chi connectivity index (χ4n) is 4.15. The van der Waals surface area contributed by atoms with Crippen molar-refractivity contribution in [1.29, 1.82) is 0 Å². The maximum absolute atomic E-state index is 13.3. The van der Waals surface area contributed by atoms with Crippen LogP contribution in [0, 0.1) is 5.92 Å². The normalized spacial score (nSPS) is 21.3. The molecular weight excluding hydrogens is 476 g/mol. The lowest BCUT2D eigenvalue weighted by atomic mass is 9.95. The van der Waals surface area contributed by atoms with Crippen molar-refractivity contribution in [3.05, 3.63) is 75.9 Å². The molecule has 4 atom stereocenters. The molecule has 9 nitrogen and oxygen atoms in total. The summed E-state index contributed by atoms with van der Waals surface area (Å²) in [6, 6.07) is 11.8. The van der Waals surface area contributed by atoms with Crippen molar-refractivity contribution in [2.45, 2.75) is 37.8 Å². The minimum absolute atomic E-state index is 0.153. The van der Waals surface area contributed by atoms with Gasteiger partial charge in [0.25, 0.3) is 0 Å². The van der Waals surface area contributed by atoms with Crippen molar-refractivity contribution >= 4 is 33.2 Å². The van der Waals surface area contributed by atoms with Crippen LogP contribution in [0.25, 0.3) is 0 Å². The molecule has 1 aliphatic carbocycles. The molecule has 2 aromatic heterocycles. The van der Waals surface area contributed by atoms with Gasteiger partial charge in [-0.3, -0.25) is 8.98 Å². The molecule has 0 saturated heterocycles. The van der Waals surface area contributed by atoms with Crippen LogP contribution in [0.3, 0.4) is 0 Å². The number of nitrogens with one attached hydrogen (secondary N) is 1. The Kier molecular flexibility index (Phi) is 7.39. The summed E-state index contributed by atoms with van der Waals surface area (Å²) in [6.07, 6.45) is 2.85. The van der Waals surface area contributed by atoms with Gasteiger partial charge in [0.2, 0.25) is 5.78 Å². The van der Waals surface area contributed by atoms with Crippen LogP contribution >= 0.6 is 11.3 Å². The monoisotopic (exact) mass is 502 g/mol. The molecule has 0 radical (unpaired) electrons. The largest absolute Gasteiger partial charge is 0.393 e. The molecule has 180 valence electrons. The van der Waals surface area contributed by atoms with Crippen molar-refractivity contribution < 1.29 is 22.5 Å². The van der Waals surface area contributed by atoms with Crippen molar-refractivity contribution in [1.82, 2.24) is 9.97 Å². The molecule has 1 fully saturated rings. The summed E-state index contributed by atoms with van der Waals surface area (Å²) < 4.78 is 26.7. The summed E-state index contributed by atoms with van der Waals surface area (Å²) in [5, 5.41) is 20.4. The van der Waals surface area contributed by atoms with Gasteiger partial charge in [0.15, 0.2) is 0 Å². The molecule has 11 heteroatoms. The second kappa shape index (κ2) is 10.3. The van der Waals surface area contributed by atoms with Crippen LogP contribution in [0.1, 0.15) is 52.0 Å². The number of thiophene rings is 1. The third kappa shape index (κ3) is 5.86. The number of rotatable bonds is 9. The Bertz CT molecular complexity index is 1250. The molecule has 1 unspecified atom stereocenters. The Labute approximate surface area is 202 Å². The number of hydrogen-bond acceptors (Lipinski definition) is 9. The van der Waals surface area contributed by atoms with Crippen LogP contribution in [-0.2, 0) is 14.5 Å². The van der Waals surface area contributed by atoms with Gasteiger partial charge >= 0.3 is 10.3 Å². The van der Waals surface area contributed by atoms with E-state index >= 15 is 0 Å². The number of nitrogens with zero attached hydrogens (tertiary/aromatic N) is 2. The van der Waals surface area contributed by atoms with Crippen LogP contribution in [0.4, 0.5) is 5.82 Å². The van der Waals surface area contributed by atoms with Crippen LogP contribution in [0.5, 0.6) is 0 Å². The molecule has 0 amide bonds. The summed E-state index contributed by atoms with van der Waals surface area (Å²) in [5.41, 5.74) is 2.56. The van der Waals surface area contributed by atoms with Gasteiger partial charge < -0.3 is 10.4 Å². The third-order valence-electron chi connectivity index (χ3n) is 6.04. The lowest BCUT2D eigenvalue weighted by Crippen LogP contribution is -2.24. The molecule has 3 aromatic rings. The molecule has 34 heavy (non-hydrogen) atoms. The van der Waals surface area contributed by atoms with E-state index in [9.17, 15) is 18.3 Å². The Morgan fingerprint density at radius 2 is 2.06 bits per heavy atom. The molecule has 4 rings (SSSR count). The molecule has 0 aliphatic heterocycles. The number of nitrogens with two attached hydrogens (primary N) is 1. The Hall–Kier alpha value is -2.70. The van der Waals surface area contributed by atoms with Crippen molar-refractivity contribution in [2.24, 2.45) is 11.1 Å². The zero-order chi connectivity index (χ0) is 24.3. The number of hydrogen-bond donors (Lipinski definition) is 3. The van der Waals surface area contributed by atoms with Gasteiger partial charge in [0, 0.05) is 24.1 Å². The van der Waals surface area contributed by atoms with Gasteiger partial charge in [-0.25, -0.2) is 15.1 Å². The Balaban J connectivity index is 1.47. The van der Waals surface area contributed by atoms with E-state index in [1.807, 2.05) is 29.6 Å². The minimum atomic E-state index is -4.08. The third-order valence-corrected chi connectivity index (χ3v) is 7.46. The van der Waals surface area contributed by atoms with E-state index in [0.29, 0.717) is 29.1 Å². The van der Waals surface area contributed by atoms with E-state index in [-0.39, 0.29) is 24.3 Å². The van der Waals surface area contributed by atoms with Crippen LogP contribution in [0.2, 0.25) is 0 Å². The van der Waals surface area contributed by atoms with Crippen molar-refractivity contribution in [2.75, 3.05) is 11.9 Å². The molecule has 0 spiro atoms. The topological polar surface area (TPSA) is 144 Å². The van der Waals surface area contributed by atoms with E-state index in [0.717, 1.165) is 5.56 Å². The molecule has 4 N–H and O–H groups in total. The van der Waals surface area contributed by atoms with Crippen LogP contribution < -0.4 is 10.5 Å². The number of aliphatic hydroxyl groups excluding tert-OH is 1. The molecule has 1 aliphatic rings. The predicted octanol–water partition coefficient (Wildman–Crippen LogP) is 2.69. The highest BCUT2D eigenvalue weighted by Crippen LogP contribution is 2.32. The lowest BCUT2D eigenvalue weighted by Gasteiger charge is -2.15. The van der Waals surface area contributed by atoms with E-state index in [1.54, 1.807) is 0 Å². The van der Waals surface area contributed by atoms with E-state index in [1.165, 1.54) is 29.4 Å². The van der Waals surface area contributed by atoms with Gasteiger partial charge in [-0.2, -0.15) is 8.42 Å². The fraction of sp³-hybridized carbons (Fsp3) is 0.348. The second-order valence-corrected chi connectivity index (χ2v) is 10.5. The fourth-order valence-corrected chi connectivity index (χ4v) is 5.47. The first-order valence-electron chi connectivity index (χ1n) is 10.8. The van der Waals surface area contributed by atoms with Crippen molar-refractivity contribution in [3.63, 3.8) is 0 Å². The van der Waals surface area contributed by atoms with Gasteiger partial charge in [-0.05, 0) is 35.4 Å². The summed E-state index contributed by atoms with van der Waals surface area (Å²) in [5.74, 6) is -0.0697. The summed E-state index contributed by atoms with van der Waals surface area (Å²) >= 11 is 1.38. The number of carbonyl (C=O) groups is 1. The second-order valence-electron chi connectivity index (χ2n) is 8.41. The maximum atomic E-state index is 13.3. The molecule has 2 heterocycles. The summed E-state index contributed by atoms with van der Waals surface area (Å²) in [7, 11) is -4.08. The zero-order valence-corrected chi connectivity index (χ0v) is 20.1. The van der Waals surface area contributed by atoms with E-state index < -0.39 is 22.3 Å². The lowest BCUT2D eigenvalue weighted by molar-refractivity contribution is 0.101. The maximum Gasteiger partial charge on any atom is 0.333 e. The minimum Gasteiger partial charge on any atom is -0.393 e. The Morgan fingerprint density at radius 3 is 2.79 bits per heavy atom. The highest BCUT2D eigenvalue weighted by atomic mass is 32.2. The van der Waals surface area contributed by atoms with Crippen molar-refractivity contribution in [3.8, 4) is 0 Å². The molecule has 1 saturated carbocycles. The number of anilines is 1. The smallest absolute Gasteiger partial charge is 0.333 e. The van der Waals surface area contributed by atoms with Gasteiger partial charge in [-0.15, -0.1) is 11.3 Å². The van der Waals surface area contributed by atoms with E-state index in [2.05, 4.69) is 38.5 Å². The van der Waals surface area contributed by atoms with E-state index in [4.69, 9.17) is 5.14 Å². The average molecular weight is 503 g/mol. The molecule has 0 bridgehead atoms. The average Bonchev–Trinajstić information content (AvgIpc) is 3.44. The SMILES string of the molecule is CC(c1ccccc1)c1csc(C(=O)c2cncnc2N[C@@H]2C[C@H](COS(N)(=O)=O)[C@@H](O)C2)c1. The number of benzene rings is 1. The quantitative estimate of drug-likeness (QED) is 0.379. The summed E-state index contributed by atoms with van der Waals surface area (Å²) in [6.45, 7) is 1.90. The number of aromatic nitrogens is 2. The zero-order valence-electron chi connectivity index (χ0n) is 18.5. The van der Waals surface area contributed by atoms with Gasteiger partial charge in [0.1, 0.15) is 12.1 Å². The highest BCUT2D eigenvalue weighted by Gasteiger charge is 2.34. The summed E-state index contributed by atoms with van der Waals surface area (Å²) in [4.78, 5) is 22.2. The number of aliphatic hydroxyl groups is 1. The first-order valence-corrected chi connectivity index (χ1v) is 13.2. The highest BCUT2D eigenvalue weighted by molar-refractivity contribution is 7.84. The molecule has 1 aromatic carbocycles.